The maximum atomic E-state index is 2.43. The van der Waals surface area contributed by atoms with Gasteiger partial charge >= 0.3 is 105 Å². The maximum Gasteiger partial charge on any atom is -1.00 e. The zero-order valence-corrected chi connectivity index (χ0v) is 14.7. The van der Waals surface area contributed by atoms with Crippen LogP contribution in [0.2, 0.25) is 0 Å². The van der Waals surface area contributed by atoms with Crippen molar-refractivity contribution >= 4 is 0 Å². The predicted octanol–water partition coefficient (Wildman–Crippen LogP) is -1.96. The normalized spacial score (nSPS) is 25.9. The largest absolute Gasteiger partial charge is 1.00 e. The Hall–Kier alpha value is 0.423. The Kier molecular flexibility index (Phi) is 7.30. The second kappa shape index (κ2) is 7.12. The topological polar surface area (TPSA) is 0 Å². The molecule has 92 valence electrons. The van der Waals surface area contributed by atoms with Gasteiger partial charge in [-0.05, 0) is 0 Å². The molecule has 2 aliphatic carbocycles. The molecule has 2 unspecified atom stereocenters. The number of allylic oxidation sites excluding steroid dienone is 8. The molecular formula is C14H18Cl2Zr. The van der Waals surface area contributed by atoms with Crippen LogP contribution in [0, 0.1) is 11.8 Å². The summed E-state index contributed by atoms with van der Waals surface area (Å²) in [5.41, 5.74) is 2.93. The van der Waals surface area contributed by atoms with E-state index in [1.54, 1.807) is 6.56 Å². The zero-order chi connectivity index (χ0) is 11.0. The Morgan fingerprint density at radius 1 is 0.824 bits per heavy atom. The Bertz CT molecular complexity index is 364. The van der Waals surface area contributed by atoms with E-state index in [2.05, 4.69) is 52.0 Å². The van der Waals surface area contributed by atoms with Crippen LogP contribution >= 0.6 is 0 Å². The molecule has 0 aromatic carbocycles. The van der Waals surface area contributed by atoms with E-state index >= 15 is 0 Å². The molecule has 0 saturated heterocycles. The molecular weight excluding hydrogens is 330 g/mol. The third-order valence-corrected chi connectivity index (χ3v) is 7.43. The molecule has 0 amide bonds. The average molecular weight is 348 g/mol. The van der Waals surface area contributed by atoms with Gasteiger partial charge in [-0.2, -0.15) is 0 Å². The van der Waals surface area contributed by atoms with Crippen LogP contribution in [0.15, 0.2) is 42.0 Å². The molecule has 2 atom stereocenters. The third kappa shape index (κ3) is 4.23. The second-order valence-electron chi connectivity index (χ2n) is 4.72. The predicted molar refractivity (Wildman–Crippen MR) is 62.0 cm³/mol. The standard InChI is InChI=1S/2C7H9.2ClH.Zr/c2*1-6-3-4-7(2)5-6;;;/h2*3,5,7H,1-2H3;2*1H;/q;;;;+2/p-2. The summed E-state index contributed by atoms with van der Waals surface area (Å²) in [6, 6.07) is 0. The number of rotatable bonds is 2. The van der Waals surface area contributed by atoms with E-state index in [0.29, 0.717) is 11.8 Å². The van der Waals surface area contributed by atoms with Gasteiger partial charge in [0, 0.05) is 0 Å². The molecule has 0 heterocycles. The zero-order valence-electron chi connectivity index (χ0n) is 10.7. The molecule has 0 aromatic heterocycles. The molecule has 0 radical (unpaired) electrons. The molecule has 2 aliphatic rings. The summed E-state index contributed by atoms with van der Waals surface area (Å²) in [5, 5.41) is 0. The van der Waals surface area contributed by atoms with Crippen molar-refractivity contribution in [2.24, 2.45) is 11.8 Å². The summed E-state index contributed by atoms with van der Waals surface area (Å²) in [6.45, 7) is 9.12. The molecule has 0 N–H and O–H groups in total. The quantitative estimate of drug-likeness (QED) is 0.544. The fraction of sp³-hybridized carbons (Fsp3) is 0.429. The number of hydrogen-bond donors (Lipinski definition) is 0. The fourth-order valence-corrected chi connectivity index (χ4v) is 6.11. The van der Waals surface area contributed by atoms with Gasteiger partial charge in [0.2, 0.25) is 0 Å². The summed E-state index contributed by atoms with van der Waals surface area (Å²) in [4.78, 5) is 0. The smallest absolute Gasteiger partial charge is 1.00 e. The molecule has 0 spiro atoms. The van der Waals surface area contributed by atoms with Crippen molar-refractivity contribution in [3.63, 3.8) is 0 Å². The van der Waals surface area contributed by atoms with Crippen LogP contribution in [0.5, 0.6) is 0 Å². The molecule has 0 aliphatic heterocycles. The molecule has 0 bridgehead atoms. The van der Waals surface area contributed by atoms with Crippen molar-refractivity contribution < 1.29 is 48.0 Å². The van der Waals surface area contributed by atoms with Crippen LogP contribution < -0.4 is 24.8 Å². The molecule has 3 heteroatoms. The van der Waals surface area contributed by atoms with Gasteiger partial charge in [-0.25, -0.2) is 0 Å². The van der Waals surface area contributed by atoms with Gasteiger partial charge in [0.05, 0.1) is 0 Å². The maximum absolute atomic E-state index is 2.43. The van der Waals surface area contributed by atoms with Crippen LogP contribution in [-0.4, -0.2) is 0 Å². The summed E-state index contributed by atoms with van der Waals surface area (Å²) < 4.78 is 3.50. The average Bonchev–Trinajstić information content (AvgIpc) is 2.58. The molecule has 0 fully saturated rings. The number of hydrogen-bond acceptors (Lipinski definition) is 0. The second-order valence-corrected chi connectivity index (χ2v) is 8.18. The van der Waals surface area contributed by atoms with E-state index < -0.39 is 23.2 Å². The van der Waals surface area contributed by atoms with E-state index in [0.717, 1.165) is 0 Å². The van der Waals surface area contributed by atoms with Gasteiger partial charge in [-0.15, -0.1) is 0 Å². The Balaban J connectivity index is 0.00000128. The van der Waals surface area contributed by atoms with E-state index in [-0.39, 0.29) is 24.8 Å². The first-order valence-corrected chi connectivity index (χ1v) is 8.09. The van der Waals surface area contributed by atoms with E-state index in [1.165, 1.54) is 11.1 Å². The third-order valence-electron chi connectivity index (χ3n) is 3.06. The van der Waals surface area contributed by atoms with Gasteiger partial charge in [0.25, 0.3) is 0 Å². The summed E-state index contributed by atoms with van der Waals surface area (Å²) in [5.74, 6) is 1.43. The van der Waals surface area contributed by atoms with E-state index in [4.69, 9.17) is 0 Å². The molecule has 0 aromatic rings. The van der Waals surface area contributed by atoms with Gasteiger partial charge in [-0.1, -0.05) is 0 Å². The minimum atomic E-state index is -0.475. The van der Waals surface area contributed by atoms with Crippen molar-refractivity contribution in [3.05, 3.63) is 42.0 Å². The minimum absolute atomic E-state index is 0. The van der Waals surface area contributed by atoms with Crippen molar-refractivity contribution in [1.29, 1.82) is 0 Å². The van der Waals surface area contributed by atoms with Crippen LogP contribution in [-0.2, 0) is 23.2 Å². The van der Waals surface area contributed by atoms with Crippen molar-refractivity contribution in [1.82, 2.24) is 0 Å². The summed E-state index contributed by atoms with van der Waals surface area (Å²) in [7, 11) is 0. The number of halogens is 2. The fourth-order valence-electron chi connectivity index (χ4n) is 2.28. The van der Waals surface area contributed by atoms with Crippen LogP contribution in [0.1, 0.15) is 27.7 Å². The monoisotopic (exact) mass is 346 g/mol. The van der Waals surface area contributed by atoms with Gasteiger partial charge in [0.1, 0.15) is 0 Å². The first kappa shape index (κ1) is 17.4. The van der Waals surface area contributed by atoms with Crippen molar-refractivity contribution in [2.45, 2.75) is 27.7 Å². The van der Waals surface area contributed by atoms with Crippen molar-refractivity contribution in [2.75, 3.05) is 0 Å². The summed E-state index contributed by atoms with van der Waals surface area (Å²) in [6.07, 6.45) is 9.66. The Morgan fingerprint density at radius 2 is 1.18 bits per heavy atom. The van der Waals surface area contributed by atoms with E-state index in [9.17, 15) is 0 Å². The molecule has 0 saturated carbocycles. The molecule has 2 rings (SSSR count). The van der Waals surface area contributed by atoms with Crippen LogP contribution in [0.3, 0.4) is 0 Å². The first-order chi connectivity index (χ1) is 7.06. The Labute approximate surface area is 129 Å². The summed E-state index contributed by atoms with van der Waals surface area (Å²) >= 11 is -0.475. The van der Waals surface area contributed by atoms with E-state index in [1.807, 2.05) is 0 Å². The molecule has 17 heavy (non-hydrogen) atoms. The van der Waals surface area contributed by atoms with Gasteiger partial charge < -0.3 is 24.8 Å². The van der Waals surface area contributed by atoms with Crippen LogP contribution in [0.25, 0.3) is 0 Å². The van der Waals surface area contributed by atoms with Gasteiger partial charge in [0.15, 0.2) is 0 Å². The van der Waals surface area contributed by atoms with Gasteiger partial charge in [-0.3, -0.25) is 0 Å². The van der Waals surface area contributed by atoms with Crippen molar-refractivity contribution in [3.8, 4) is 0 Å². The first-order valence-electron chi connectivity index (χ1n) is 5.63. The SMILES string of the molecule is CC1=CC(C)[C]([Zr+2][C]2=CC(C)=CC2C)=C1.[Cl-].[Cl-]. The minimum Gasteiger partial charge on any atom is -1.00 e. The molecule has 0 nitrogen and oxygen atoms in total. The van der Waals surface area contributed by atoms with Crippen LogP contribution in [0.4, 0.5) is 0 Å². The Morgan fingerprint density at radius 3 is 1.41 bits per heavy atom.